The number of rotatable bonds is 9. The Balaban J connectivity index is 0.000000546. The number of anilines is 1. The van der Waals surface area contributed by atoms with Crippen molar-refractivity contribution >= 4 is 46.4 Å². The van der Waals surface area contributed by atoms with Crippen LogP contribution in [0.2, 0.25) is 0 Å². The number of ether oxygens (including phenoxy) is 1. The van der Waals surface area contributed by atoms with E-state index in [1.807, 2.05) is 42.5 Å². The Bertz CT molecular complexity index is 1490. The highest BCUT2D eigenvalue weighted by Crippen LogP contribution is 2.28. The van der Waals surface area contributed by atoms with E-state index in [-0.39, 0.29) is 18.5 Å². The van der Waals surface area contributed by atoms with E-state index >= 15 is 0 Å². The molecule has 1 aromatic heterocycles. The second kappa shape index (κ2) is 18.7. The van der Waals surface area contributed by atoms with E-state index in [2.05, 4.69) is 20.5 Å². The van der Waals surface area contributed by atoms with Crippen LogP contribution in [0.3, 0.4) is 0 Å². The van der Waals surface area contributed by atoms with Crippen LogP contribution < -0.4 is 15.4 Å². The zero-order chi connectivity index (χ0) is 35.1. The number of hydrogen-bond donors (Lipinski definition) is 8. The average molecular weight is 659 g/mol. The smallest absolute Gasteiger partial charge is 0.414 e. The highest BCUT2D eigenvalue weighted by Gasteiger charge is 2.23. The third kappa shape index (κ3) is 13.0. The molecular formula is C31H38N4O12. The fourth-order valence-electron chi connectivity index (χ4n) is 4.55. The lowest BCUT2D eigenvalue weighted by molar-refractivity contribution is -0.159. The first-order chi connectivity index (χ1) is 22.2. The fourth-order valence-corrected chi connectivity index (χ4v) is 4.55. The summed E-state index contributed by atoms with van der Waals surface area (Å²) in [5, 5.41) is 57.4. The summed E-state index contributed by atoms with van der Waals surface area (Å²) in [7, 11) is 1.63. The molecule has 0 spiro atoms. The molecule has 254 valence electrons. The number of hydrogen-bond acceptors (Lipinski definition) is 11. The lowest BCUT2D eigenvalue weighted by atomic mass is 10.0. The molecule has 0 saturated carbocycles. The summed E-state index contributed by atoms with van der Waals surface area (Å²) in [4.78, 5) is 55.4. The molecule has 2 heterocycles. The molecule has 0 aliphatic carbocycles. The highest BCUT2D eigenvalue weighted by atomic mass is 16.5. The number of aliphatic carboxylic acids is 4. The minimum Gasteiger partial charge on any atom is -0.497 e. The zero-order valence-electron chi connectivity index (χ0n) is 25.7. The van der Waals surface area contributed by atoms with Crippen molar-refractivity contribution < 1.29 is 59.3 Å². The monoisotopic (exact) mass is 658 g/mol. The summed E-state index contributed by atoms with van der Waals surface area (Å²) in [6.07, 6.45) is 2.34. The Hall–Kier alpha value is -5.16. The van der Waals surface area contributed by atoms with Crippen LogP contribution in [-0.4, -0.2) is 110 Å². The van der Waals surface area contributed by atoms with Crippen LogP contribution in [0.15, 0.2) is 54.7 Å². The normalized spacial score (nSPS) is 14.3. The second-order valence-corrected chi connectivity index (χ2v) is 10.3. The van der Waals surface area contributed by atoms with Crippen LogP contribution in [0.25, 0.3) is 10.9 Å². The lowest BCUT2D eigenvalue weighted by Gasteiger charge is -2.33. The molecule has 0 bridgehead atoms. The van der Waals surface area contributed by atoms with Gasteiger partial charge in [0.2, 0.25) is 5.91 Å². The first kappa shape index (κ1) is 38.0. The van der Waals surface area contributed by atoms with Crippen LogP contribution >= 0.6 is 0 Å². The van der Waals surface area contributed by atoms with E-state index in [4.69, 9.17) is 44.3 Å². The number of carboxylic acid groups (broad SMARTS) is 4. The van der Waals surface area contributed by atoms with Crippen molar-refractivity contribution in [3.05, 3.63) is 65.9 Å². The molecule has 1 aliphatic heterocycles. The van der Waals surface area contributed by atoms with Crippen LogP contribution in [0.4, 0.5) is 5.69 Å². The maximum absolute atomic E-state index is 12.4. The Labute approximate surface area is 269 Å². The summed E-state index contributed by atoms with van der Waals surface area (Å²) in [5.74, 6) is -6.66. The number of carboxylic acids is 4. The first-order valence-electron chi connectivity index (χ1n) is 14.3. The van der Waals surface area contributed by atoms with E-state index in [0.717, 1.165) is 53.7 Å². The van der Waals surface area contributed by atoms with Gasteiger partial charge in [-0.05, 0) is 80.4 Å². The third-order valence-electron chi connectivity index (χ3n) is 6.93. The number of nitrogens with one attached hydrogen (secondary N) is 2. The molecule has 0 radical (unpaired) electrons. The van der Waals surface area contributed by atoms with Crippen molar-refractivity contribution in [3.8, 4) is 5.75 Å². The van der Waals surface area contributed by atoms with E-state index < -0.39 is 36.1 Å². The molecule has 1 amide bonds. The van der Waals surface area contributed by atoms with Gasteiger partial charge in [0, 0.05) is 29.9 Å². The number of likely N-dealkylation sites (tertiary alicyclic amines) is 1. The number of pyridine rings is 1. The van der Waals surface area contributed by atoms with Crippen molar-refractivity contribution in [2.45, 2.75) is 38.0 Å². The molecule has 47 heavy (non-hydrogen) atoms. The van der Waals surface area contributed by atoms with E-state index in [1.54, 1.807) is 26.3 Å². The Morgan fingerprint density at radius 2 is 1.53 bits per heavy atom. The van der Waals surface area contributed by atoms with Crippen molar-refractivity contribution in [1.82, 2.24) is 15.2 Å². The number of carbonyl (C=O) groups excluding carboxylic acids is 1. The molecule has 8 N–H and O–H groups in total. The molecule has 16 heteroatoms. The third-order valence-corrected chi connectivity index (χ3v) is 6.93. The highest BCUT2D eigenvalue weighted by molar-refractivity contribution is 6.27. The number of carbonyl (C=O) groups is 5. The molecule has 1 aliphatic rings. The number of piperidine rings is 1. The number of aliphatic hydroxyl groups excluding tert-OH is 2. The van der Waals surface area contributed by atoms with Gasteiger partial charge in [-0.25, -0.2) is 19.2 Å². The quantitative estimate of drug-likeness (QED) is 0.151. The van der Waals surface area contributed by atoms with Gasteiger partial charge in [-0.15, -0.1) is 0 Å². The summed E-state index contributed by atoms with van der Waals surface area (Å²) in [6.45, 7) is 4.17. The first-order valence-corrected chi connectivity index (χ1v) is 14.3. The topological polar surface area (TPSA) is 256 Å². The number of nitrogens with zero attached hydrogens (tertiary/aromatic N) is 2. The Kier molecular flexibility index (Phi) is 15.1. The van der Waals surface area contributed by atoms with E-state index in [9.17, 15) is 15.0 Å². The maximum atomic E-state index is 12.4. The zero-order valence-corrected chi connectivity index (χ0v) is 25.7. The molecule has 2 aromatic carbocycles. The standard InChI is InChI=1S/C27H34N4O4.2C2H2O4/c1-18(32)19-4-3-5-21(14-19)30-27(34)16-29-20-9-12-31(13-10-20)17-26(33)23-8-11-28-25-7-6-22(35-2)15-24(23)25;2*3-1(4)2(5)6/h3-8,11,14-15,18,20,26,29,32-33H,9-10,12-13,16-17H2,1-2H3,(H,30,34);2*(H,3,4)(H,5,6)/t18?,26-;;/m0../s1. The van der Waals surface area contributed by atoms with E-state index in [1.165, 1.54) is 0 Å². The van der Waals surface area contributed by atoms with Crippen molar-refractivity contribution in [3.63, 3.8) is 0 Å². The SMILES string of the molecule is COc1ccc2nccc([C@@H](O)CN3CCC(NCC(=O)Nc4cccc(C(C)O)c4)CC3)c2c1.O=C(O)C(=O)O.O=C(O)C(=O)O. The van der Waals surface area contributed by atoms with Crippen LogP contribution in [-0.2, 0) is 24.0 Å². The Morgan fingerprint density at radius 1 is 0.915 bits per heavy atom. The number of methoxy groups -OCH3 is 1. The number of benzene rings is 2. The summed E-state index contributed by atoms with van der Waals surface area (Å²) < 4.78 is 5.34. The second-order valence-electron chi connectivity index (χ2n) is 10.3. The van der Waals surface area contributed by atoms with Gasteiger partial charge >= 0.3 is 23.9 Å². The van der Waals surface area contributed by atoms with Gasteiger partial charge in [-0.1, -0.05) is 12.1 Å². The molecule has 2 atom stereocenters. The van der Waals surface area contributed by atoms with Crippen molar-refractivity contribution in [2.24, 2.45) is 0 Å². The molecule has 16 nitrogen and oxygen atoms in total. The van der Waals surface area contributed by atoms with Gasteiger partial charge < -0.3 is 50.9 Å². The predicted molar refractivity (Wildman–Crippen MR) is 167 cm³/mol. The van der Waals surface area contributed by atoms with Crippen LogP contribution in [0.1, 0.15) is 43.1 Å². The Morgan fingerprint density at radius 3 is 2.09 bits per heavy atom. The number of amides is 1. The van der Waals surface area contributed by atoms with E-state index in [0.29, 0.717) is 12.2 Å². The molecule has 1 fully saturated rings. The predicted octanol–water partition coefficient (Wildman–Crippen LogP) is 1.33. The summed E-state index contributed by atoms with van der Waals surface area (Å²) in [5.41, 5.74) is 3.14. The number of aliphatic hydroxyl groups is 2. The number of fused-ring (bicyclic) bond motifs is 1. The van der Waals surface area contributed by atoms with Crippen molar-refractivity contribution in [1.29, 1.82) is 0 Å². The van der Waals surface area contributed by atoms with Gasteiger partial charge in [0.15, 0.2) is 0 Å². The fraction of sp³-hybridized carbons (Fsp3) is 0.355. The van der Waals surface area contributed by atoms with Gasteiger partial charge in [0.1, 0.15) is 5.75 Å². The van der Waals surface area contributed by atoms with Crippen molar-refractivity contribution in [2.75, 3.05) is 38.6 Å². The average Bonchev–Trinajstić information content (AvgIpc) is 3.04. The number of aromatic nitrogens is 1. The lowest BCUT2D eigenvalue weighted by Crippen LogP contribution is -2.45. The van der Waals surface area contributed by atoms with Gasteiger partial charge in [0.25, 0.3) is 0 Å². The molecule has 1 saturated heterocycles. The van der Waals surface area contributed by atoms with Gasteiger partial charge in [-0.3, -0.25) is 9.78 Å². The molecule has 1 unspecified atom stereocenters. The minimum absolute atomic E-state index is 0.106. The van der Waals surface area contributed by atoms with Crippen LogP contribution in [0.5, 0.6) is 5.75 Å². The van der Waals surface area contributed by atoms with Crippen LogP contribution in [0, 0.1) is 0 Å². The minimum atomic E-state index is -1.82. The summed E-state index contributed by atoms with van der Waals surface area (Å²) in [6, 6.07) is 15.1. The summed E-state index contributed by atoms with van der Waals surface area (Å²) >= 11 is 0. The van der Waals surface area contributed by atoms with Gasteiger partial charge in [-0.2, -0.15) is 0 Å². The maximum Gasteiger partial charge on any atom is 0.414 e. The molecule has 4 rings (SSSR count). The molecule has 3 aromatic rings. The largest absolute Gasteiger partial charge is 0.497 e. The number of β-amino-alcohol motifs (C(OH)–C–C–N with tert-alkyl or cyclic N) is 1. The van der Waals surface area contributed by atoms with Gasteiger partial charge in [0.05, 0.1) is 31.4 Å². The molecular weight excluding hydrogens is 620 g/mol.